The molecule has 1 aromatic rings. The number of hydrogen-bond donors (Lipinski definition) is 3. The van der Waals surface area contributed by atoms with Crippen molar-refractivity contribution in [3.63, 3.8) is 0 Å². The van der Waals surface area contributed by atoms with Crippen LogP contribution >= 0.6 is 0 Å². The number of benzene rings is 1. The number of nitrogens with two attached hydrogens (primary N) is 1. The van der Waals surface area contributed by atoms with Gasteiger partial charge in [-0.1, -0.05) is 13.0 Å². The zero-order chi connectivity index (χ0) is 12.6. The number of rotatable bonds is 2. The van der Waals surface area contributed by atoms with Crippen molar-refractivity contribution >= 4 is 11.6 Å². The number of phenols is 1. The predicted molar refractivity (Wildman–Crippen MR) is 63.7 cm³/mol. The van der Waals surface area contributed by atoms with Gasteiger partial charge in [0.25, 0.3) is 5.91 Å². The third-order valence-electron chi connectivity index (χ3n) is 3.21. The Kier molecular flexibility index (Phi) is 2.71. The zero-order valence-corrected chi connectivity index (χ0v) is 9.68. The summed E-state index contributed by atoms with van der Waals surface area (Å²) in [7, 11) is 0. The molecule has 1 aliphatic heterocycles. The van der Waals surface area contributed by atoms with Crippen molar-refractivity contribution in [2.45, 2.75) is 18.9 Å². The molecule has 0 aliphatic carbocycles. The molecule has 4 N–H and O–H groups in total. The molecule has 0 unspecified atom stereocenters. The molecule has 0 saturated carbocycles. The first-order valence-corrected chi connectivity index (χ1v) is 5.56. The lowest BCUT2D eigenvalue weighted by atomic mass is 9.90. The van der Waals surface area contributed by atoms with Gasteiger partial charge in [-0.3, -0.25) is 4.79 Å². The zero-order valence-electron chi connectivity index (χ0n) is 9.68. The van der Waals surface area contributed by atoms with Crippen LogP contribution in [0.2, 0.25) is 0 Å². The van der Waals surface area contributed by atoms with Gasteiger partial charge in [0.2, 0.25) is 0 Å². The van der Waals surface area contributed by atoms with E-state index in [0.29, 0.717) is 19.5 Å². The molecule has 1 aliphatic rings. The first kappa shape index (κ1) is 11.7. The van der Waals surface area contributed by atoms with Crippen LogP contribution in [0.25, 0.3) is 0 Å². The number of anilines is 1. The molecule has 0 atom stereocenters. The molecular weight excluding hydrogens is 220 g/mol. The second-order valence-electron chi connectivity index (χ2n) is 4.48. The number of nitrogens with zero attached hydrogens (tertiary/aromatic N) is 1. The molecule has 1 fully saturated rings. The molecule has 0 bridgehead atoms. The summed E-state index contributed by atoms with van der Waals surface area (Å²) in [5.74, 6) is -0.489. The van der Waals surface area contributed by atoms with E-state index in [1.54, 1.807) is 6.07 Å². The van der Waals surface area contributed by atoms with Crippen LogP contribution in [-0.2, 0) is 0 Å². The normalized spacial score (nSPS) is 17.6. The van der Waals surface area contributed by atoms with Crippen LogP contribution in [0.3, 0.4) is 0 Å². The fourth-order valence-corrected chi connectivity index (χ4v) is 1.94. The van der Waals surface area contributed by atoms with E-state index in [1.165, 1.54) is 17.0 Å². The van der Waals surface area contributed by atoms with Crippen molar-refractivity contribution in [3.05, 3.63) is 23.8 Å². The molecule has 1 heterocycles. The summed E-state index contributed by atoms with van der Waals surface area (Å²) in [6, 6.07) is 4.68. The number of hydrogen-bond acceptors (Lipinski definition) is 4. The number of phenolic OH excluding ortho intramolecular Hbond substituents is 1. The first-order valence-electron chi connectivity index (χ1n) is 5.56. The summed E-state index contributed by atoms with van der Waals surface area (Å²) >= 11 is 0. The van der Waals surface area contributed by atoms with E-state index >= 15 is 0 Å². The Bertz CT molecular complexity index is 453. The lowest BCUT2D eigenvalue weighted by Crippen LogP contribution is -2.63. The third-order valence-corrected chi connectivity index (χ3v) is 3.21. The molecule has 0 aromatic heterocycles. The summed E-state index contributed by atoms with van der Waals surface area (Å²) in [5, 5.41) is 19.5. The molecule has 0 spiro atoms. The average Bonchev–Trinajstić information content (AvgIpc) is 2.28. The number of carbonyl (C=O) groups excluding carboxylic acids is 1. The van der Waals surface area contributed by atoms with Crippen molar-refractivity contribution in [1.29, 1.82) is 0 Å². The summed E-state index contributed by atoms with van der Waals surface area (Å²) in [6.45, 7) is 2.48. The largest absolute Gasteiger partial charge is 0.505 e. The maximum atomic E-state index is 12.0. The molecule has 1 amide bonds. The number of carbonyl (C=O) groups is 1. The smallest absolute Gasteiger partial charge is 0.257 e. The maximum absolute atomic E-state index is 12.0. The minimum Gasteiger partial charge on any atom is -0.505 e. The number of likely N-dealkylation sites (tertiary alicyclic amines) is 1. The molecular formula is C12H16N2O3. The highest BCUT2D eigenvalue weighted by Crippen LogP contribution is 2.30. The van der Waals surface area contributed by atoms with Gasteiger partial charge in [0, 0.05) is 0 Å². The van der Waals surface area contributed by atoms with Crippen LogP contribution in [0.5, 0.6) is 5.75 Å². The molecule has 17 heavy (non-hydrogen) atoms. The van der Waals surface area contributed by atoms with Crippen molar-refractivity contribution < 1.29 is 15.0 Å². The third kappa shape index (κ3) is 1.93. The van der Waals surface area contributed by atoms with Gasteiger partial charge >= 0.3 is 0 Å². The van der Waals surface area contributed by atoms with Gasteiger partial charge in [-0.25, -0.2) is 0 Å². The number of para-hydroxylation sites is 1. The number of amides is 1. The van der Waals surface area contributed by atoms with Gasteiger partial charge in [-0.05, 0) is 18.6 Å². The van der Waals surface area contributed by atoms with Crippen LogP contribution in [0, 0.1) is 0 Å². The molecule has 2 rings (SSSR count). The second kappa shape index (κ2) is 3.92. The van der Waals surface area contributed by atoms with Crippen molar-refractivity contribution in [2.75, 3.05) is 18.8 Å². The van der Waals surface area contributed by atoms with Gasteiger partial charge in [-0.15, -0.1) is 0 Å². The molecule has 5 nitrogen and oxygen atoms in total. The first-order chi connectivity index (χ1) is 7.97. The minimum atomic E-state index is -0.772. The lowest BCUT2D eigenvalue weighted by molar-refractivity contribution is -0.0827. The van der Waals surface area contributed by atoms with Crippen LogP contribution in [0.1, 0.15) is 23.7 Å². The molecule has 92 valence electrons. The van der Waals surface area contributed by atoms with Crippen LogP contribution in [0.4, 0.5) is 5.69 Å². The monoisotopic (exact) mass is 236 g/mol. The standard InChI is InChI=1S/C12H16N2O3/c1-2-12(17)6-14(7-12)11(16)8-4-3-5-9(13)10(8)15/h3-5,15,17H,2,6-7,13H2,1H3. The van der Waals surface area contributed by atoms with Gasteiger partial charge in [0.15, 0.2) is 5.75 Å². The Labute approximate surface area is 99.5 Å². The van der Waals surface area contributed by atoms with E-state index in [2.05, 4.69) is 0 Å². The number of β-amino-alcohol motifs (C(OH)–C–C–N with tert-alkyl or cyclic N) is 1. The van der Waals surface area contributed by atoms with E-state index in [9.17, 15) is 15.0 Å². The number of aliphatic hydroxyl groups is 1. The Morgan fingerprint density at radius 3 is 2.76 bits per heavy atom. The fraction of sp³-hybridized carbons (Fsp3) is 0.417. The molecule has 0 radical (unpaired) electrons. The van der Waals surface area contributed by atoms with E-state index in [1.807, 2.05) is 6.92 Å². The Morgan fingerprint density at radius 2 is 2.18 bits per heavy atom. The van der Waals surface area contributed by atoms with Crippen LogP contribution < -0.4 is 5.73 Å². The highest BCUT2D eigenvalue weighted by molar-refractivity contribution is 5.99. The van der Waals surface area contributed by atoms with E-state index in [-0.39, 0.29) is 22.9 Å². The fourth-order valence-electron chi connectivity index (χ4n) is 1.94. The average molecular weight is 236 g/mol. The molecule has 1 saturated heterocycles. The summed E-state index contributed by atoms with van der Waals surface area (Å²) < 4.78 is 0. The maximum Gasteiger partial charge on any atom is 0.257 e. The van der Waals surface area contributed by atoms with Gasteiger partial charge in [0.1, 0.15) is 0 Å². The van der Waals surface area contributed by atoms with E-state index in [0.717, 1.165) is 0 Å². The summed E-state index contributed by atoms with van der Waals surface area (Å²) in [6.07, 6.45) is 0.611. The highest BCUT2D eigenvalue weighted by Gasteiger charge is 2.42. The Balaban J connectivity index is 2.15. The van der Waals surface area contributed by atoms with Crippen LogP contribution in [0.15, 0.2) is 18.2 Å². The van der Waals surface area contributed by atoms with Gasteiger partial charge in [0.05, 0.1) is 29.9 Å². The quantitative estimate of drug-likeness (QED) is 0.517. The van der Waals surface area contributed by atoms with Crippen molar-refractivity contribution in [1.82, 2.24) is 4.90 Å². The van der Waals surface area contributed by atoms with Crippen molar-refractivity contribution in [3.8, 4) is 5.75 Å². The minimum absolute atomic E-state index is 0.183. The van der Waals surface area contributed by atoms with Crippen molar-refractivity contribution in [2.24, 2.45) is 0 Å². The number of nitrogen functional groups attached to an aromatic ring is 1. The summed E-state index contributed by atoms with van der Waals surface area (Å²) in [5.41, 5.74) is 5.12. The van der Waals surface area contributed by atoms with Gasteiger partial charge in [-0.2, -0.15) is 0 Å². The summed E-state index contributed by atoms with van der Waals surface area (Å²) in [4.78, 5) is 13.5. The Morgan fingerprint density at radius 1 is 1.53 bits per heavy atom. The van der Waals surface area contributed by atoms with E-state index in [4.69, 9.17) is 5.73 Å². The van der Waals surface area contributed by atoms with Crippen LogP contribution in [-0.4, -0.2) is 39.7 Å². The Hall–Kier alpha value is -1.75. The molecule has 1 aromatic carbocycles. The molecule has 5 heteroatoms. The number of aromatic hydroxyl groups is 1. The predicted octanol–water partition coefficient (Wildman–Crippen LogP) is 0.571. The SMILES string of the molecule is CCC1(O)CN(C(=O)c2cccc(N)c2O)C1. The second-order valence-corrected chi connectivity index (χ2v) is 4.48. The van der Waals surface area contributed by atoms with Gasteiger partial charge < -0.3 is 20.8 Å². The highest BCUT2D eigenvalue weighted by atomic mass is 16.3. The lowest BCUT2D eigenvalue weighted by Gasteiger charge is -2.46. The topological polar surface area (TPSA) is 86.8 Å². The van der Waals surface area contributed by atoms with E-state index < -0.39 is 5.60 Å².